The van der Waals surface area contributed by atoms with Crippen LogP contribution in [-0.4, -0.2) is 64.4 Å². The highest BCUT2D eigenvalue weighted by Crippen LogP contribution is 2.43. The van der Waals surface area contributed by atoms with Gasteiger partial charge in [-0.15, -0.1) is 11.3 Å². The minimum atomic E-state index is -1.42. The molecule has 5 rings (SSSR count). The molecule has 45 heavy (non-hydrogen) atoms. The number of carbonyl (C=O) groups is 4. The van der Waals surface area contributed by atoms with Gasteiger partial charge < -0.3 is 30.7 Å². The number of oxime groups is 1. The van der Waals surface area contributed by atoms with Gasteiger partial charge >= 0.3 is 12.1 Å². The maximum absolute atomic E-state index is 13.5. The molecule has 0 spiro atoms. The largest absolute Gasteiger partial charge is 0.450 e. The minimum Gasteiger partial charge on any atom is -0.450 e. The number of β-lactam (4-membered cyclic amide) rings is 1. The van der Waals surface area contributed by atoms with Crippen LogP contribution in [0.4, 0.5) is 9.93 Å². The number of nitrogens with two attached hydrogens (primary N) is 1. The SMILES string of the molecule is CC(C)(C)OC(=O)Nc1nc(/C(=N/OC2(C(=O)OC(c3ccccc3)c3ccccc3)CC2)C(=O)N[C@@H]2C(=O)N[C@H]2CN)cs1. The monoisotopic (exact) mass is 634 g/mol. The van der Waals surface area contributed by atoms with Gasteiger partial charge in [0.2, 0.25) is 11.5 Å². The summed E-state index contributed by atoms with van der Waals surface area (Å²) in [5, 5.41) is 13.4. The van der Waals surface area contributed by atoms with E-state index in [4.69, 9.17) is 20.0 Å². The molecule has 13 nitrogen and oxygen atoms in total. The molecule has 0 radical (unpaired) electrons. The van der Waals surface area contributed by atoms with Crippen LogP contribution in [0.3, 0.4) is 0 Å². The zero-order chi connectivity index (χ0) is 32.2. The summed E-state index contributed by atoms with van der Waals surface area (Å²) in [6.07, 6.45) is -0.809. The van der Waals surface area contributed by atoms with E-state index in [1.54, 1.807) is 20.8 Å². The number of aromatic nitrogens is 1. The Labute approximate surface area is 263 Å². The lowest BCUT2D eigenvalue weighted by atomic mass is 9.99. The highest BCUT2D eigenvalue weighted by Gasteiger charge is 2.56. The summed E-state index contributed by atoms with van der Waals surface area (Å²) < 4.78 is 11.3. The third-order valence-corrected chi connectivity index (χ3v) is 7.70. The van der Waals surface area contributed by atoms with Gasteiger partial charge in [-0.1, -0.05) is 65.8 Å². The van der Waals surface area contributed by atoms with Crippen LogP contribution in [0.25, 0.3) is 0 Å². The molecule has 1 aliphatic heterocycles. The number of nitrogens with zero attached hydrogens (tertiary/aromatic N) is 2. The number of ether oxygens (including phenoxy) is 2. The molecular formula is C31H34N6O7S. The smallest absolute Gasteiger partial charge is 0.413 e. The zero-order valence-corrected chi connectivity index (χ0v) is 25.8. The Kier molecular flexibility index (Phi) is 9.16. The van der Waals surface area contributed by atoms with Gasteiger partial charge in [0.1, 0.15) is 17.3 Å². The standard InChI is InChI=1S/C31H34N6O7S/c1-30(2,3)43-29(41)36-28-34-21(17-45-28)23(26(39)35-22-20(16-32)33-25(22)38)37-44-31(14-15-31)27(40)42-24(18-10-6-4-7-11-18)19-12-8-5-9-13-19/h4-13,17,20,22,24H,14-16,32H2,1-3H3,(H,33,38)(H,35,39)(H,34,36,41)/b37-23-/t20-,22-/m0/s1. The van der Waals surface area contributed by atoms with Crippen LogP contribution in [0.1, 0.15) is 56.5 Å². The molecule has 236 valence electrons. The molecule has 1 aromatic heterocycles. The lowest BCUT2D eigenvalue weighted by Gasteiger charge is -2.36. The van der Waals surface area contributed by atoms with Crippen LogP contribution >= 0.6 is 11.3 Å². The lowest BCUT2D eigenvalue weighted by molar-refractivity contribution is -0.164. The second kappa shape index (κ2) is 13.0. The Morgan fingerprint density at radius 2 is 1.71 bits per heavy atom. The van der Waals surface area contributed by atoms with Crippen LogP contribution in [0.15, 0.2) is 71.2 Å². The van der Waals surface area contributed by atoms with Gasteiger partial charge in [-0.3, -0.25) is 14.9 Å². The molecular weight excluding hydrogens is 600 g/mol. The molecule has 3 amide bonds. The number of hydrogen-bond acceptors (Lipinski definition) is 11. The Hall–Kier alpha value is -4.82. The number of hydrogen-bond donors (Lipinski definition) is 4. The number of carbonyl (C=O) groups excluding carboxylic acids is 4. The van der Waals surface area contributed by atoms with E-state index in [1.807, 2.05) is 60.7 Å². The first-order valence-electron chi connectivity index (χ1n) is 14.3. The highest BCUT2D eigenvalue weighted by atomic mass is 32.1. The Morgan fingerprint density at radius 1 is 1.09 bits per heavy atom. The molecule has 1 saturated heterocycles. The van der Waals surface area contributed by atoms with E-state index < -0.39 is 53.3 Å². The predicted octanol–water partition coefficient (Wildman–Crippen LogP) is 3.02. The molecule has 2 fully saturated rings. The molecule has 1 aliphatic carbocycles. The minimum absolute atomic E-state index is 0.0446. The number of rotatable bonds is 11. The van der Waals surface area contributed by atoms with Crippen molar-refractivity contribution in [1.29, 1.82) is 0 Å². The van der Waals surface area contributed by atoms with Crippen molar-refractivity contribution in [1.82, 2.24) is 15.6 Å². The average molecular weight is 635 g/mol. The molecule has 5 N–H and O–H groups in total. The highest BCUT2D eigenvalue weighted by molar-refractivity contribution is 7.14. The van der Waals surface area contributed by atoms with E-state index in [0.717, 1.165) is 22.5 Å². The first kappa shape index (κ1) is 31.6. The number of anilines is 1. The van der Waals surface area contributed by atoms with Crippen molar-refractivity contribution < 1.29 is 33.5 Å². The van der Waals surface area contributed by atoms with Crippen molar-refractivity contribution in [3.05, 3.63) is 82.9 Å². The summed E-state index contributed by atoms with van der Waals surface area (Å²) in [6.45, 7) is 5.27. The van der Waals surface area contributed by atoms with E-state index in [2.05, 4.69) is 26.1 Å². The molecule has 0 unspecified atom stereocenters. The maximum atomic E-state index is 13.5. The van der Waals surface area contributed by atoms with Gasteiger partial charge in [-0.25, -0.2) is 14.6 Å². The van der Waals surface area contributed by atoms with Crippen molar-refractivity contribution >= 4 is 46.1 Å². The number of amides is 3. The molecule has 14 heteroatoms. The maximum Gasteiger partial charge on any atom is 0.413 e. The summed E-state index contributed by atoms with van der Waals surface area (Å²) in [5.74, 6) is -1.83. The third-order valence-electron chi connectivity index (χ3n) is 6.94. The zero-order valence-electron chi connectivity index (χ0n) is 24.9. The van der Waals surface area contributed by atoms with E-state index in [0.29, 0.717) is 12.8 Å². The quantitative estimate of drug-likeness (QED) is 0.107. The number of esters is 1. The van der Waals surface area contributed by atoms with Crippen LogP contribution in [0, 0.1) is 0 Å². The number of nitrogens with one attached hydrogen (secondary N) is 3. The Balaban J connectivity index is 1.37. The van der Waals surface area contributed by atoms with Gasteiger partial charge in [-0.05, 0) is 31.9 Å². The predicted molar refractivity (Wildman–Crippen MR) is 165 cm³/mol. The topological polar surface area (TPSA) is 183 Å². The first-order valence-corrected chi connectivity index (χ1v) is 15.2. The fourth-order valence-corrected chi connectivity index (χ4v) is 5.11. The first-order chi connectivity index (χ1) is 21.5. The van der Waals surface area contributed by atoms with Gasteiger partial charge in [0, 0.05) is 24.8 Å². The Bertz CT molecular complexity index is 1540. The molecule has 1 saturated carbocycles. The fraction of sp³-hybridized carbons (Fsp3) is 0.355. The summed E-state index contributed by atoms with van der Waals surface area (Å²) in [4.78, 5) is 61.4. The van der Waals surface area contributed by atoms with Gasteiger partial charge in [0.25, 0.3) is 5.91 Å². The Morgan fingerprint density at radius 3 is 2.24 bits per heavy atom. The molecule has 3 aromatic rings. The molecule has 2 aliphatic rings. The van der Waals surface area contributed by atoms with Crippen molar-refractivity contribution in [3.63, 3.8) is 0 Å². The summed E-state index contributed by atoms with van der Waals surface area (Å²) in [7, 11) is 0. The van der Waals surface area contributed by atoms with Crippen LogP contribution in [0.5, 0.6) is 0 Å². The molecule has 2 aromatic carbocycles. The van der Waals surface area contributed by atoms with Crippen molar-refractivity contribution in [2.24, 2.45) is 10.9 Å². The summed E-state index contributed by atoms with van der Waals surface area (Å²) in [5.41, 5.74) is 4.82. The van der Waals surface area contributed by atoms with Gasteiger partial charge in [0.15, 0.2) is 16.9 Å². The second-order valence-electron chi connectivity index (χ2n) is 11.6. The normalized spacial score (nSPS) is 18.7. The summed E-state index contributed by atoms with van der Waals surface area (Å²) >= 11 is 1.02. The number of thiazole rings is 1. The van der Waals surface area contributed by atoms with E-state index in [9.17, 15) is 19.2 Å². The van der Waals surface area contributed by atoms with E-state index >= 15 is 0 Å². The second-order valence-corrected chi connectivity index (χ2v) is 12.5. The molecule has 0 bridgehead atoms. The molecule has 2 heterocycles. The van der Waals surface area contributed by atoms with Crippen LogP contribution < -0.4 is 21.7 Å². The fourth-order valence-electron chi connectivity index (χ4n) is 4.43. The van der Waals surface area contributed by atoms with Crippen molar-refractivity contribution in [2.45, 2.75) is 63.0 Å². The van der Waals surface area contributed by atoms with Gasteiger partial charge in [-0.2, -0.15) is 0 Å². The van der Waals surface area contributed by atoms with Crippen molar-refractivity contribution in [3.8, 4) is 0 Å². The van der Waals surface area contributed by atoms with E-state index in [-0.39, 0.29) is 23.1 Å². The lowest BCUT2D eigenvalue weighted by Crippen LogP contribution is -2.71. The summed E-state index contributed by atoms with van der Waals surface area (Å²) in [6, 6.07) is 17.3. The van der Waals surface area contributed by atoms with Gasteiger partial charge in [0.05, 0.1) is 6.04 Å². The third kappa shape index (κ3) is 7.64. The van der Waals surface area contributed by atoms with Crippen LogP contribution in [-0.2, 0) is 28.7 Å². The van der Waals surface area contributed by atoms with E-state index in [1.165, 1.54) is 5.38 Å². The molecule has 2 atom stereocenters. The average Bonchev–Trinajstić information content (AvgIpc) is 3.67. The van der Waals surface area contributed by atoms with Crippen LogP contribution in [0.2, 0.25) is 0 Å². The number of benzene rings is 2. The van der Waals surface area contributed by atoms with Crippen molar-refractivity contribution in [2.75, 3.05) is 11.9 Å².